The number of thioether (sulfide) groups is 1. The molecule has 0 aliphatic carbocycles. The van der Waals surface area contributed by atoms with Crippen molar-refractivity contribution in [3.05, 3.63) is 53.1 Å². The van der Waals surface area contributed by atoms with Crippen LogP contribution in [0.25, 0.3) is 0 Å². The number of aliphatic carboxylic acids is 1. The molecule has 0 aliphatic rings. The summed E-state index contributed by atoms with van der Waals surface area (Å²) in [5.41, 5.74) is 0.937. The van der Waals surface area contributed by atoms with Gasteiger partial charge in [-0.3, -0.25) is 9.59 Å². The third kappa shape index (κ3) is 5.41. The highest BCUT2D eigenvalue weighted by atomic mass is 35.5. The summed E-state index contributed by atoms with van der Waals surface area (Å²) in [5, 5.41) is 11.6. The van der Waals surface area contributed by atoms with Crippen LogP contribution in [0.3, 0.4) is 0 Å². The lowest BCUT2D eigenvalue weighted by molar-refractivity contribution is -0.136. The Kier molecular flexibility index (Phi) is 6.94. The topological polar surface area (TPSA) is 75.6 Å². The molecule has 5 nitrogen and oxygen atoms in total. The fourth-order valence-electron chi connectivity index (χ4n) is 2.12. The van der Waals surface area contributed by atoms with Crippen molar-refractivity contribution in [3.8, 4) is 5.75 Å². The maximum absolute atomic E-state index is 12.6. The van der Waals surface area contributed by atoms with Crippen LogP contribution >= 0.6 is 23.4 Å². The third-order valence-electron chi connectivity index (χ3n) is 3.34. The predicted octanol–water partition coefficient (Wildman–Crippen LogP) is 4.94. The summed E-state index contributed by atoms with van der Waals surface area (Å²) in [4.78, 5) is 24.3. The number of carboxylic acids is 1. The smallest absolute Gasteiger partial charge is 0.316 e. The summed E-state index contributed by atoms with van der Waals surface area (Å²) in [6.07, 6.45) is -0.00642. The Morgan fingerprint density at radius 2 is 1.85 bits per heavy atom. The van der Waals surface area contributed by atoms with Gasteiger partial charge in [-0.1, -0.05) is 23.7 Å². The van der Waals surface area contributed by atoms with E-state index < -0.39 is 11.2 Å². The predicted molar refractivity (Wildman–Crippen MR) is 105 cm³/mol. The molecular weight excluding hydrogens is 374 g/mol. The first-order valence-corrected chi connectivity index (χ1v) is 9.29. The minimum Gasteiger partial charge on any atom is -0.489 e. The van der Waals surface area contributed by atoms with Crippen molar-refractivity contribution < 1.29 is 19.4 Å². The van der Waals surface area contributed by atoms with Gasteiger partial charge in [-0.05, 0) is 51.1 Å². The van der Waals surface area contributed by atoms with Gasteiger partial charge < -0.3 is 15.2 Å². The Balaban J connectivity index is 2.18. The number of hydrogen-bond acceptors (Lipinski definition) is 4. The molecule has 2 aromatic carbocycles. The van der Waals surface area contributed by atoms with E-state index in [1.807, 2.05) is 13.8 Å². The van der Waals surface area contributed by atoms with Gasteiger partial charge in [0.05, 0.1) is 16.7 Å². The summed E-state index contributed by atoms with van der Waals surface area (Å²) >= 11 is 7.32. The number of carbonyl (C=O) groups is 2. The highest BCUT2D eigenvalue weighted by Gasteiger charge is 2.18. The Bertz CT molecular complexity index is 810. The number of rotatable bonds is 7. The molecule has 0 saturated carbocycles. The van der Waals surface area contributed by atoms with E-state index in [9.17, 15) is 9.59 Å². The minimum atomic E-state index is -0.933. The molecule has 26 heavy (non-hydrogen) atoms. The van der Waals surface area contributed by atoms with Gasteiger partial charge in [0, 0.05) is 10.6 Å². The molecule has 0 aliphatic heterocycles. The van der Waals surface area contributed by atoms with Crippen LogP contribution in [0, 0.1) is 0 Å². The molecule has 138 valence electrons. The van der Waals surface area contributed by atoms with E-state index >= 15 is 0 Å². The first-order chi connectivity index (χ1) is 12.3. The zero-order chi connectivity index (χ0) is 19.3. The minimum absolute atomic E-state index is 0.00642. The molecule has 1 atom stereocenters. The van der Waals surface area contributed by atoms with Crippen LogP contribution in [-0.2, 0) is 4.79 Å². The average Bonchev–Trinajstić information content (AvgIpc) is 2.57. The average molecular weight is 394 g/mol. The maximum atomic E-state index is 12.6. The van der Waals surface area contributed by atoms with Crippen LogP contribution in [-0.4, -0.2) is 28.3 Å². The monoisotopic (exact) mass is 393 g/mol. The molecule has 0 fully saturated rings. The maximum Gasteiger partial charge on any atom is 0.316 e. The van der Waals surface area contributed by atoms with Crippen molar-refractivity contribution in [1.82, 2.24) is 0 Å². The lowest BCUT2D eigenvalue weighted by Crippen LogP contribution is -2.15. The fourth-order valence-corrected chi connectivity index (χ4v) is 3.28. The molecule has 0 spiro atoms. The van der Waals surface area contributed by atoms with E-state index in [-0.39, 0.29) is 12.0 Å². The first-order valence-electron chi connectivity index (χ1n) is 8.04. The van der Waals surface area contributed by atoms with Gasteiger partial charge in [-0.2, -0.15) is 0 Å². The van der Waals surface area contributed by atoms with E-state index in [4.69, 9.17) is 21.4 Å². The zero-order valence-corrected chi connectivity index (χ0v) is 16.2. The largest absolute Gasteiger partial charge is 0.489 e. The highest BCUT2D eigenvalue weighted by Crippen LogP contribution is 2.30. The Hall–Kier alpha value is -2.18. The van der Waals surface area contributed by atoms with Gasteiger partial charge in [-0.25, -0.2) is 0 Å². The van der Waals surface area contributed by atoms with Gasteiger partial charge in [-0.15, -0.1) is 11.8 Å². The van der Waals surface area contributed by atoms with E-state index in [0.29, 0.717) is 26.9 Å². The van der Waals surface area contributed by atoms with E-state index in [1.54, 1.807) is 49.4 Å². The zero-order valence-electron chi connectivity index (χ0n) is 14.7. The van der Waals surface area contributed by atoms with Crippen molar-refractivity contribution in [2.45, 2.75) is 37.0 Å². The molecule has 1 unspecified atom stereocenters. The highest BCUT2D eigenvalue weighted by molar-refractivity contribution is 8.00. The standard InChI is InChI=1S/C19H20ClNO4S/c1-11(2)25-16-9-8-13(10-15(16)20)21-18(22)14-6-4-5-7-17(14)26-12(3)19(23)24/h4-12H,1-3H3,(H,21,22)(H,23,24). The Labute approximate surface area is 161 Å². The number of hydrogen-bond donors (Lipinski definition) is 2. The number of carboxylic acid groups (broad SMARTS) is 1. The Morgan fingerprint density at radius 1 is 1.15 bits per heavy atom. The molecule has 0 radical (unpaired) electrons. The fraction of sp³-hybridized carbons (Fsp3) is 0.263. The molecule has 0 heterocycles. The van der Waals surface area contributed by atoms with Crippen LogP contribution in [0.1, 0.15) is 31.1 Å². The summed E-state index contributed by atoms with van der Waals surface area (Å²) in [5.74, 6) is -0.720. The van der Waals surface area contributed by atoms with Crippen LogP contribution in [0.2, 0.25) is 5.02 Å². The van der Waals surface area contributed by atoms with Crippen molar-refractivity contribution in [3.63, 3.8) is 0 Å². The van der Waals surface area contributed by atoms with Crippen LogP contribution < -0.4 is 10.1 Å². The molecule has 0 saturated heterocycles. The number of anilines is 1. The molecule has 2 N–H and O–H groups in total. The van der Waals surface area contributed by atoms with Crippen LogP contribution in [0.4, 0.5) is 5.69 Å². The SMILES string of the molecule is CC(C)Oc1ccc(NC(=O)c2ccccc2SC(C)C(=O)O)cc1Cl. The molecule has 7 heteroatoms. The Morgan fingerprint density at radius 3 is 2.46 bits per heavy atom. The third-order valence-corrected chi connectivity index (χ3v) is 4.80. The number of benzene rings is 2. The van der Waals surface area contributed by atoms with Crippen LogP contribution in [0.15, 0.2) is 47.4 Å². The summed E-state index contributed by atoms with van der Waals surface area (Å²) in [7, 11) is 0. The molecule has 2 aromatic rings. The quantitative estimate of drug-likeness (QED) is 0.651. The lowest BCUT2D eigenvalue weighted by Gasteiger charge is -2.14. The number of carbonyl (C=O) groups excluding carboxylic acids is 1. The lowest BCUT2D eigenvalue weighted by atomic mass is 10.2. The molecular formula is C19H20ClNO4S. The van der Waals surface area contributed by atoms with Gasteiger partial charge in [0.1, 0.15) is 11.0 Å². The second-order valence-corrected chi connectivity index (χ2v) is 7.65. The van der Waals surface area contributed by atoms with Gasteiger partial charge in [0.15, 0.2) is 0 Å². The van der Waals surface area contributed by atoms with Gasteiger partial charge >= 0.3 is 5.97 Å². The number of amides is 1. The van der Waals surface area contributed by atoms with Gasteiger partial charge in [0.2, 0.25) is 0 Å². The summed E-state index contributed by atoms with van der Waals surface area (Å²) in [6.45, 7) is 5.38. The van der Waals surface area contributed by atoms with Crippen molar-refractivity contribution in [1.29, 1.82) is 0 Å². The number of nitrogens with one attached hydrogen (secondary N) is 1. The first kappa shape index (κ1) is 20.1. The van der Waals surface area contributed by atoms with Crippen molar-refractivity contribution >= 4 is 40.9 Å². The van der Waals surface area contributed by atoms with Crippen molar-refractivity contribution in [2.24, 2.45) is 0 Å². The number of ether oxygens (including phenoxy) is 1. The molecule has 0 aromatic heterocycles. The molecule has 1 amide bonds. The van der Waals surface area contributed by atoms with E-state index in [1.165, 1.54) is 0 Å². The second kappa shape index (κ2) is 8.96. The van der Waals surface area contributed by atoms with Crippen molar-refractivity contribution in [2.75, 3.05) is 5.32 Å². The van der Waals surface area contributed by atoms with Crippen LogP contribution in [0.5, 0.6) is 5.75 Å². The van der Waals surface area contributed by atoms with E-state index in [2.05, 4.69) is 5.32 Å². The molecule has 2 rings (SSSR count). The normalized spacial score (nSPS) is 11.9. The summed E-state index contributed by atoms with van der Waals surface area (Å²) < 4.78 is 5.57. The van der Waals surface area contributed by atoms with Gasteiger partial charge in [0.25, 0.3) is 5.91 Å². The number of halogens is 1. The van der Waals surface area contributed by atoms with E-state index in [0.717, 1.165) is 11.8 Å². The second-order valence-electron chi connectivity index (χ2n) is 5.86. The molecule has 0 bridgehead atoms. The summed E-state index contributed by atoms with van der Waals surface area (Å²) in [6, 6.07) is 11.9.